The molecular formula is C23H18N2O4S2. The average Bonchev–Trinajstić information content (AvgIpc) is 2.80. The van der Waals surface area contributed by atoms with Gasteiger partial charge in [-0.2, -0.15) is 0 Å². The van der Waals surface area contributed by atoms with Crippen molar-refractivity contribution < 1.29 is 16.8 Å². The molecule has 0 radical (unpaired) electrons. The van der Waals surface area contributed by atoms with E-state index in [4.69, 9.17) is 0 Å². The van der Waals surface area contributed by atoms with Crippen LogP contribution in [0.2, 0.25) is 0 Å². The molecule has 4 aromatic rings. The van der Waals surface area contributed by atoms with Crippen LogP contribution in [-0.4, -0.2) is 32.6 Å². The molecular weight excluding hydrogens is 432 g/mol. The summed E-state index contributed by atoms with van der Waals surface area (Å²) in [7, 11) is -8.59. The molecule has 0 aliphatic carbocycles. The fraction of sp³-hybridized carbons (Fsp3) is 0.0435. The highest BCUT2D eigenvalue weighted by Gasteiger charge is 2.38. The molecule has 0 unspecified atom stereocenters. The SMILES string of the molecule is O=S(=O)(c1ccccc1)C(C=Nc1nccc2ccccc12)S(=O)(=O)c1ccccc1. The first-order valence-corrected chi connectivity index (χ1v) is 12.5. The van der Waals surface area contributed by atoms with Crippen molar-refractivity contribution in [3.63, 3.8) is 0 Å². The molecule has 0 fully saturated rings. The third kappa shape index (κ3) is 4.12. The fourth-order valence-corrected chi connectivity index (χ4v) is 7.21. The fourth-order valence-electron chi connectivity index (χ4n) is 3.15. The van der Waals surface area contributed by atoms with Gasteiger partial charge in [0.15, 0.2) is 5.82 Å². The van der Waals surface area contributed by atoms with Crippen LogP contribution >= 0.6 is 0 Å². The van der Waals surface area contributed by atoms with Crippen molar-refractivity contribution in [2.75, 3.05) is 0 Å². The van der Waals surface area contributed by atoms with Crippen LogP contribution in [0.1, 0.15) is 0 Å². The summed E-state index contributed by atoms with van der Waals surface area (Å²) in [6.07, 6.45) is 2.50. The Labute approximate surface area is 180 Å². The van der Waals surface area contributed by atoms with E-state index in [0.29, 0.717) is 5.39 Å². The van der Waals surface area contributed by atoms with Gasteiger partial charge in [0.25, 0.3) is 0 Å². The van der Waals surface area contributed by atoms with E-state index in [2.05, 4.69) is 9.98 Å². The van der Waals surface area contributed by atoms with Gasteiger partial charge >= 0.3 is 0 Å². The number of rotatable bonds is 6. The zero-order valence-corrected chi connectivity index (χ0v) is 17.9. The highest BCUT2D eigenvalue weighted by atomic mass is 32.3. The lowest BCUT2D eigenvalue weighted by molar-refractivity contribution is 0.584. The Morgan fingerprint density at radius 3 is 1.77 bits per heavy atom. The van der Waals surface area contributed by atoms with E-state index in [9.17, 15) is 16.8 Å². The number of nitrogens with zero attached hydrogens (tertiary/aromatic N) is 2. The molecule has 0 saturated carbocycles. The summed E-state index contributed by atoms with van der Waals surface area (Å²) in [5.74, 6) is 0.245. The minimum absolute atomic E-state index is 0.100. The molecule has 0 atom stereocenters. The number of hydrogen-bond acceptors (Lipinski definition) is 6. The summed E-state index contributed by atoms with van der Waals surface area (Å²) in [5.41, 5.74) is 0. The van der Waals surface area contributed by atoms with Gasteiger partial charge in [0.1, 0.15) is 0 Å². The molecule has 8 heteroatoms. The number of pyridine rings is 1. The van der Waals surface area contributed by atoms with Crippen molar-refractivity contribution in [1.82, 2.24) is 4.98 Å². The Morgan fingerprint density at radius 2 is 1.19 bits per heavy atom. The molecule has 156 valence electrons. The maximum atomic E-state index is 13.3. The molecule has 0 aliphatic heterocycles. The first-order valence-electron chi connectivity index (χ1n) is 9.36. The molecule has 4 rings (SSSR count). The van der Waals surface area contributed by atoms with Gasteiger partial charge < -0.3 is 0 Å². The monoisotopic (exact) mass is 450 g/mol. The van der Waals surface area contributed by atoms with E-state index in [0.717, 1.165) is 11.6 Å². The van der Waals surface area contributed by atoms with Crippen LogP contribution in [0.4, 0.5) is 5.82 Å². The van der Waals surface area contributed by atoms with Gasteiger partial charge in [0.2, 0.25) is 24.3 Å². The zero-order chi connectivity index (χ0) is 21.9. The second kappa shape index (κ2) is 8.41. The van der Waals surface area contributed by atoms with E-state index >= 15 is 0 Å². The Bertz CT molecular complexity index is 1380. The second-order valence-electron chi connectivity index (χ2n) is 6.72. The van der Waals surface area contributed by atoms with Gasteiger partial charge in [0.05, 0.1) is 9.79 Å². The maximum Gasteiger partial charge on any atom is 0.206 e. The lowest BCUT2D eigenvalue weighted by atomic mass is 10.2. The number of benzene rings is 3. The van der Waals surface area contributed by atoms with Gasteiger partial charge in [-0.25, -0.2) is 26.8 Å². The van der Waals surface area contributed by atoms with E-state index in [1.54, 1.807) is 54.7 Å². The van der Waals surface area contributed by atoms with Crippen molar-refractivity contribution in [2.45, 2.75) is 14.4 Å². The summed E-state index contributed by atoms with van der Waals surface area (Å²) in [6.45, 7) is 0. The van der Waals surface area contributed by atoms with Crippen LogP contribution in [0.15, 0.2) is 112 Å². The van der Waals surface area contributed by atoms with Crippen LogP contribution < -0.4 is 0 Å². The lowest BCUT2D eigenvalue weighted by Gasteiger charge is -2.15. The molecule has 0 spiro atoms. The highest BCUT2D eigenvalue weighted by Crippen LogP contribution is 2.27. The molecule has 3 aromatic carbocycles. The largest absolute Gasteiger partial charge is 0.239 e. The van der Waals surface area contributed by atoms with Crippen molar-refractivity contribution in [3.8, 4) is 0 Å². The number of fused-ring (bicyclic) bond motifs is 1. The minimum atomic E-state index is -4.30. The molecule has 0 amide bonds. The molecule has 0 aliphatic rings. The predicted molar refractivity (Wildman–Crippen MR) is 121 cm³/mol. The molecule has 0 bridgehead atoms. The molecule has 0 N–H and O–H groups in total. The van der Waals surface area contributed by atoms with Gasteiger partial charge in [0, 0.05) is 17.8 Å². The standard InChI is InChI=1S/C23H18N2O4S2/c26-30(27,19-10-3-1-4-11-19)22(31(28,29)20-12-5-2-6-13-20)17-25-23-21-14-8-7-9-18(21)15-16-24-23/h1-17,22H. The third-order valence-corrected chi connectivity index (χ3v) is 9.57. The minimum Gasteiger partial charge on any atom is -0.239 e. The maximum absolute atomic E-state index is 13.3. The van der Waals surface area contributed by atoms with E-state index in [1.807, 2.05) is 18.2 Å². The summed E-state index contributed by atoms with van der Waals surface area (Å²) in [5, 5.41) is 1.55. The quantitative estimate of drug-likeness (QED) is 0.410. The number of sulfone groups is 2. The van der Waals surface area contributed by atoms with Crippen LogP contribution in [0.25, 0.3) is 10.8 Å². The molecule has 0 saturated heterocycles. The lowest BCUT2D eigenvalue weighted by Crippen LogP contribution is -2.32. The van der Waals surface area contributed by atoms with Crippen molar-refractivity contribution >= 4 is 42.5 Å². The second-order valence-corrected chi connectivity index (χ2v) is 11.2. The first-order chi connectivity index (χ1) is 14.9. The molecule has 1 aromatic heterocycles. The predicted octanol–water partition coefficient (Wildman–Crippen LogP) is 4.21. The highest BCUT2D eigenvalue weighted by molar-refractivity contribution is 8.10. The van der Waals surface area contributed by atoms with Gasteiger partial charge in [-0.15, -0.1) is 0 Å². The summed E-state index contributed by atoms with van der Waals surface area (Å²) >= 11 is 0. The van der Waals surface area contributed by atoms with Gasteiger partial charge in [-0.3, -0.25) is 0 Å². The van der Waals surface area contributed by atoms with Crippen molar-refractivity contribution in [3.05, 3.63) is 97.2 Å². The number of aromatic nitrogens is 1. The normalized spacial score (nSPS) is 12.5. The first kappa shape index (κ1) is 20.9. The molecule has 31 heavy (non-hydrogen) atoms. The summed E-state index contributed by atoms with van der Waals surface area (Å²) in [6, 6.07) is 24.1. The zero-order valence-electron chi connectivity index (χ0n) is 16.2. The van der Waals surface area contributed by atoms with Crippen LogP contribution in [0.5, 0.6) is 0 Å². The topological polar surface area (TPSA) is 93.5 Å². The number of aliphatic imine (C=N–C) groups is 1. The van der Waals surface area contributed by atoms with Crippen molar-refractivity contribution in [1.29, 1.82) is 0 Å². The summed E-state index contributed by atoms with van der Waals surface area (Å²) < 4.78 is 51.5. The smallest absolute Gasteiger partial charge is 0.206 e. The van der Waals surface area contributed by atoms with Crippen LogP contribution in [-0.2, 0) is 19.7 Å². The Morgan fingerprint density at radius 1 is 0.677 bits per heavy atom. The molecule has 1 heterocycles. The van der Waals surface area contributed by atoms with E-state index in [-0.39, 0.29) is 15.6 Å². The van der Waals surface area contributed by atoms with Gasteiger partial charge in [-0.1, -0.05) is 60.7 Å². The third-order valence-electron chi connectivity index (χ3n) is 4.73. The Hall–Kier alpha value is -3.36. The average molecular weight is 451 g/mol. The summed E-state index contributed by atoms with van der Waals surface area (Å²) in [4.78, 5) is 8.22. The van der Waals surface area contributed by atoms with Gasteiger partial charge in [-0.05, 0) is 35.7 Å². The van der Waals surface area contributed by atoms with Crippen molar-refractivity contribution in [2.24, 2.45) is 4.99 Å². The van der Waals surface area contributed by atoms with E-state index in [1.165, 1.54) is 24.3 Å². The Kier molecular flexibility index (Phi) is 5.67. The Balaban J connectivity index is 1.88. The van der Waals surface area contributed by atoms with Crippen LogP contribution in [0, 0.1) is 0 Å². The molecule has 6 nitrogen and oxygen atoms in total. The van der Waals surface area contributed by atoms with E-state index < -0.39 is 24.3 Å². The number of hydrogen-bond donors (Lipinski definition) is 0. The van der Waals surface area contributed by atoms with Crippen LogP contribution in [0.3, 0.4) is 0 Å².